The molecule has 6 heteroatoms. The number of aromatic nitrogens is 4. The molecule has 0 unspecified atom stereocenters. The number of halogens is 1. The predicted octanol–water partition coefficient (Wildman–Crippen LogP) is 2.70. The molecule has 0 atom stereocenters. The zero-order chi connectivity index (χ0) is 14.9. The molecule has 0 saturated heterocycles. The molecule has 0 N–H and O–H groups in total. The number of carbonyl (C=O) groups excluding carboxylic acids is 1. The van der Waals surface area contributed by atoms with Gasteiger partial charge >= 0.3 is 0 Å². The Morgan fingerprint density at radius 1 is 1.35 bits per heavy atom. The normalized spacial score (nSPS) is 11.1. The minimum absolute atomic E-state index is 0.0683. The Hall–Kier alpha value is -1.43. The lowest BCUT2D eigenvalue weighted by Gasteiger charge is -2.05. The fraction of sp³-hybridized carbons (Fsp3) is 0.500. The third-order valence-corrected chi connectivity index (χ3v) is 4.23. The van der Waals surface area contributed by atoms with E-state index in [9.17, 15) is 4.79 Å². The summed E-state index contributed by atoms with van der Waals surface area (Å²) in [5.74, 6) is 0.0683. The summed E-state index contributed by atoms with van der Waals surface area (Å²) in [5.41, 5.74) is 3.42. The highest BCUT2D eigenvalue weighted by Gasteiger charge is 2.19. The second-order valence-corrected chi connectivity index (χ2v) is 5.56. The van der Waals surface area contributed by atoms with Crippen LogP contribution in [-0.2, 0) is 26.4 Å². The summed E-state index contributed by atoms with van der Waals surface area (Å²) in [6.45, 7) is 6.63. The van der Waals surface area contributed by atoms with Gasteiger partial charge in [-0.2, -0.15) is 10.2 Å². The zero-order valence-corrected chi connectivity index (χ0v) is 13.9. The van der Waals surface area contributed by atoms with Gasteiger partial charge in [0, 0.05) is 13.6 Å². The van der Waals surface area contributed by atoms with Crippen molar-refractivity contribution < 1.29 is 4.79 Å². The number of aryl methyl sites for hydroxylation is 4. The Kier molecular flexibility index (Phi) is 4.42. The summed E-state index contributed by atoms with van der Waals surface area (Å²) in [7, 11) is 1.87. The van der Waals surface area contributed by atoms with Gasteiger partial charge in [0.25, 0.3) is 0 Å². The molecule has 0 spiro atoms. The van der Waals surface area contributed by atoms with Crippen LogP contribution in [0.15, 0.2) is 10.5 Å². The summed E-state index contributed by atoms with van der Waals surface area (Å²) in [4.78, 5) is 12.5. The maximum atomic E-state index is 12.5. The number of ketones is 1. The number of carbonyl (C=O) groups is 1. The molecule has 108 valence electrons. The molecule has 2 rings (SSSR count). The first kappa shape index (κ1) is 15.0. The van der Waals surface area contributed by atoms with Crippen LogP contribution in [0.3, 0.4) is 0 Å². The van der Waals surface area contributed by atoms with E-state index in [0.29, 0.717) is 18.7 Å². The lowest BCUT2D eigenvalue weighted by Crippen LogP contribution is -2.13. The topological polar surface area (TPSA) is 52.7 Å². The van der Waals surface area contributed by atoms with Gasteiger partial charge in [-0.15, -0.1) is 0 Å². The average Bonchev–Trinajstić information content (AvgIpc) is 2.93. The number of hydrogen-bond donors (Lipinski definition) is 0. The van der Waals surface area contributed by atoms with Crippen molar-refractivity contribution in [2.75, 3.05) is 0 Å². The van der Waals surface area contributed by atoms with Crippen LogP contribution < -0.4 is 0 Å². The van der Waals surface area contributed by atoms with Gasteiger partial charge in [-0.3, -0.25) is 14.2 Å². The fourth-order valence-electron chi connectivity index (χ4n) is 2.27. The summed E-state index contributed by atoms with van der Waals surface area (Å²) in [6.07, 6.45) is 1.17. The van der Waals surface area contributed by atoms with Gasteiger partial charge in [-0.1, -0.05) is 6.92 Å². The van der Waals surface area contributed by atoms with Crippen molar-refractivity contribution in [1.82, 2.24) is 19.6 Å². The molecule has 0 aliphatic heterocycles. The molecule has 0 aliphatic carbocycles. The van der Waals surface area contributed by atoms with Crippen molar-refractivity contribution in [3.63, 3.8) is 0 Å². The zero-order valence-electron chi connectivity index (χ0n) is 12.3. The number of nitrogens with zero attached hydrogens (tertiary/aromatic N) is 4. The largest absolute Gasteiger partial charge is 0.292 e. The van der Waals surface area contributed by atoms with Crippen LogP contribution in [0.2, 0.25) is 0 Å². The Labute approximate surface area is 127 Å². The number of Topliss-reactive ketones (excluding diaryl/α,β-unsaturated/α-hetero) is 1. The van der Waals surface area contributed by atoms with Gasteiger partial charge in [0.05, 0.1) is 28.0 Å². The second kappa shape index (κ2) is 5.91. The highest BCUT2D eigenvalue weighted by atomic mass is 79.9. The SMILES string of the molecule is CCc1nn(C)c(CC(=O)c2cc(C)nn2CC)c1Br. The Morgan fingerprint density at radius 3 is 2.60 bits per heavy atom. The first-order chi connectivity index (χ1) is 9.47. The van der Waals surface area contributed by atoms with Crippen molar-refractivity contribution in [3.8, 4) is 0 Å². The van der Waals surface area contributed by atoms with E-state index in [-0.39, 0.29) is 5.78 Å². The third kappa shape index (κ3) is 2.70. The molecule has 0 radical (unpaired) electrons. The average molecular weight is 339 g/mol. The molecule has 2 heterocycles. The van der Waals surface area contributed by atoms with Crippen molar-refractivity contribution in [3.05, 3.63) is 33.3 Å². The van der Waals surface area contributed by atoms with Gasteiger partial charge in [0.1, 0.15) is 5.69 Å². The lowest BCUT2D eigenvalue weighted by atomic mass is 10.1. The minimum atomic E-state index is 0.0683. The first-order valence-electron chi connectivity index (χ1n) is 6.75. The summed E-state index contributed by atoms with van der Waals surface area (Å²) < 4.78 is 4.47. The molecule has 0 fully saturated rings. The minimum Gasteiger partial charge on any atom is -0.292 e. The van der Waals surface area contributed by atoms with Gasteiger partial charge in [0.15, 0.2) is 5.78 Å². The van der Waals surface area contributed by atoms with Gasteiger partial charge in [-0.05, 0) is 42.3 Å². The first-order valence-corrected chi connectivity index (χ1v) is 7.55. The van der Waals surface area contributed by atoms with E-state index in [0.717, 1.165) is 28.0 Å². The second-order valence-electron chi connectivity index (χ2n) is 4.77. The molecule has 0 saturated carbocycles. The van der Waals surface area contributed by atoms with Crippen molar-refractivity contribution in [2.45, 2.75) is 40.2 Å². The molecular weight excluding hydrogens is 320 g/mol. The van der Waals surface area contributed by atoms with Crippen LogP contribution in [0.5, 0.6) is 0 Å². The maximum Gasteiger partial charge on any atom is 0.186 e. The van der Waals surface area contributed by atoms with Crippen molar-refractivity contribution >= 4 is 21.7 Å². The highest BCUT2D eigenvalue weighted by Crippen LogP contribution is 2.23. The van der Waals surface area contributed by atoms with Crippen LogP contribution in [0.1, 0.15) is 41.4 Å². The quantitative estimate of drug-likeness (QED) is 0.787. The summed E-state index contributed by atoms with van der Waals surface area (Å²) >= 11 is 3.55. The third-order valence-electron chi connectivity index (χ3n) is 3.32. The Morgan fingerprint density at radius 2 is 2.05 bits per heavy atom. The predicted molar refractivity (Wildman–Crippen MR) is 81.0 cm³/mol. The van der Waals surface area contributed by atoms with E-state index in [2.05, 4.69) is 26.1 Å². The Balaban J connectivity index is 2.30. The van der Waals surface area contributed by atoms with Gasteiger partial charge < -0.3 is 0 Å². The highest BCUT2D eigenvalue weighted by molar-refractivity contribution is 9.10. The van der Waals surface area contributed by atoms with Crippen LogP contribution in [0.4, 0.5) is 0 Å². The Bertz CT molecular complexity index is 642. The summed E-state index contributed by atoms with van der Waals surface area (Å²) in [5, 5.41) is 8.74. The molecule has 0 amide bonds. The molecule has 0 aliphatic rings. The van der Waals surface area contributed by atoms with Crippen molar-refractivity contribution in [1.29, 1.82) is 0 Å². The van der Waals surface area contributed by atoms with Crippen LogP contribution in [0, 0.1) is 6.92 Å². The van der Waals surface area contributed by atoms with Crippen LogP contribution in [-0.4, -0.2) is 25.3 Å². The van der Waals surface area contributed by atoms with Crippen LogP contribution >= 0.6 is 15.9 Å². The van der Waals surface area contributed by atoms with E-state index in [1.807, 2.05) is 33.9 Å². The summed E-state index contributed by atoms with van der Waals surface area (Å²) in [6, 6.07) is 1.84. The van der Waals surface area contributed by atoms with E-state index >= 15 is 0 Å². The van der Waals surface area contributed by atoms with E-state index in [1.54, 1.807) is 9.36 Å². The smallest absolute Gasteiger partial charge is 0.186 e. The molecule has 2 aromatic heterocycles. The lowest BCUT2D eigenvalue weighted by molar-refractivity contribution is 0.0980. The molecule has 5 nitrogen and oxygen atoms in total. The van der Waals surface area contributed by atoms with Crippen LogP contribution in [0.25, 0.3) is 0 Å². The monoisotopic (exact) mass is 338 g/mol. The molecule has 20 heavy (non-hydrogen) atoms. The molecule has 2 aromatic rings. The fourth-order valence-corrected chi connectivity index (χ4v) is 3.02. The standard InChI is InChI=1S/C14H19BrN4O/c1-5-10-14(15)12(18(4)17-10)8-13(20)11-7-9(3)16-19(11)6-2/h7H,5-6,8H2,1-4H3. The number of hydrogen-bond acceptors (Lipinski definition) is 3. The van der Waals surface area contributed by atoms with E-state index in [1.165, 1.54) is 0 Å². The number of rotatable bonds is 5. The maximum absolute atomic E-state index is 12.5. The van der Waals surface area contributed by atoms with E-state index in [4.69, 9.17) is 0 Å². The molecular formula is C14H19BrN4O. The van der Waals surface area contributed by atoms with Gasteiger partial charge in [0.2, 0.25) is 0 Å². The molecule has 0 aromatic carbocycles. The molecule has 0 bridgehead atoms. The van der Waals surface area contributed by atoms with Crippen molar-refractivity contribution in [2.24, 2.45) is 7.05 Å². The van der Waals surface area contributed by atoms with E-state index < -0.39 is 0 Å². The van der Waals surface area contributed by atoms with Gasteiger partial charge in [-0.25, -0.2) is 0 Å².